The summed E-state index contributed by atoms with van der Waals surface area (Å²) in [4.78, 5) is 0. The molecule has 0 nitrogen and oxygen atoms in total. The van der Waals surface area contributed by atoms with Gasteiger partial charge in [-0.05, 0) is 70.4 Å². The van der Waals surface area contributed by atoms with Crippen LogP contribution >= 0.6 is 0 Å². The van der Waals surface area contributed by atoms with Crippen LogP contribution in [0.25, 0.3) is 21.9 Å². The number of fused-ring (bicyclic) bond motifs is 5. The molecule has 0 amide bonds. The lowest BCUT2D eigenvalue weighted by Gasteiger charge is -2.42. The normalized spacial score (nSPS) is 20.2. The van der Waals surface area contributed by atoms with Crippen LogP contribution in [0.5, 0.6) is 0 Å². The van der Waals surface area contributed by atoms with Crippen LogP contribution in [0.15, 0.2) is 83.0 Å². The fraction of sp³-hybridized carbons (Fsp3) is 0.333. The van der Waals surface area contributed by atoms with Gasteiger partial charge in [-0.1, -0.05) is 99.5 Å². The van der Waals surface area contributed by atoms with E-state index in [1.54, 1.807) is 5.57 Å². The standard InChI is InChI=1S/C30H32/c1-18-19(2)28(29(4,5)20(18)3)30(6,7)27-24-15-11-10-14-23(24)26-22-13-9-8-12-21(22)16-17-25(26)27/h8-17,27H,1-7H3. The quantitative estimate of drug-likeness (QED) is 0.409. The first-order chi connectivity index (χ1) is 14.2. The van der Waals surface area contributed by atoms with Gasteiger partial charge in [-0.3, -0.25) is 0 Å². The van der Waals surface area contributed by atoms with Crippen LogP contribution in [-0.4, -0.2) is 0 Å². The second-order valence-electron chi connectivity index (χ2n) is 10.4. The summed E-state index contributed by atoms with van der Waals surface area (Å²) in [6, 6.07) is 22.7. The molecule has 2 aliphatic rings. The third kappa shape index (κ3) is 2.34. The molecule has 0 N–H and O–H groups in total. The highest BCUT2D eigenvalue weighted by molar-refractivity contribution is 6.02. The lowest BCUT2D eigenvalue weighted by Crippen LogP contribution is -2.32. The van der Waals surface area contributed by atoms with E-state index in [0.717, 1.165) is 0 Å². The van der Waals surface area contributed by atoms with E-state index < -0.39 is 0 Å². The molecule has 2 aliphatic carbocycles. The molecule has 3 aromatic carbocycles. The molecule has 5 rings (SSSR count). The zero-order valence-corrected chi connectivity index (χ0v) is 19.4. The third-order valence-electron chi connectivity index (χ3n) is 8.24. The maximum Gasteiger partial charge on any atom is 0.0191 e. The van der Waals surface area contributed by atoms with Gasteiger partial charge in [-0.2, -0.15) is 0 Å². The molecule has 0 saturated heterocycles. The molecule has 0 bridgehead atoms. The van der Waals surface area contributed by atoms with Crippen LogP contribution in [0.1, 0.15) is 65.5 Å². The number of hydrogen-bond acceptors (Lipinski definition) is 0. The van der Waals surface area contributed by atoms with E-state index in [1.807, 2.05) is 0 Å². The molecule has 0 radical (unpaired) electrons. The molecular formula is C30H32. The van der Waals surface area contributed by atoms with Crippen molar-refractivity contribution < 1.29 is 0 Å². The lowest BCUT2D eigenvalue weighted by atomic mass is 9.61. The van der Waals surface area contributed by atoms with Crippen molar-refractivity contribution in [2.75, 3.05) is 0 Å². The van der Waals surface area contributed by atoms with Crippen LogP contribution in [-0.2, 0) is 0 Å². The number of allylic oxidation sites excluding steroid dienone is 4. The fourth-order valence-corrected chi connectivity index (χ4v) is 6.78. The Morgan fingerprint density at radius 2 is 1.40 bits per heavy atom. The Kier molecular flexibility index (Phi) is 4.00. The van der Waals surface area contributed by atoms with Gasteiger partial charge in [0.1, 0.15) is 0 Å². The Labute approximate surface area is 181 Å². The topological polar surface area (TPSA) is 0 Å². The highest BCUT2D eigenvalue weighted by atomic mass is 14.5. The molecule has 1 atom stereocenters. The molecule has 30 heavy (non-hydrogen) atoms. The molecule has 0 spiro atoms. The molecule has 0 heteroatoms. The zero-order chi connectivity index (χ0) is 21.4. The van der Waals surface area contributed by atoms with Crippen molar-refractivity contribution in [1.82, 2.24) is 0 Å². The average Bonchev–Trinajstić information content (AvgIpc) is 3.14. The Balaban J connectivity index is 1.81. The summed E-state index contributed by atoms with van der Waals surface area (Å²) in [5.74, 6) is 0.358. The van der Waals surface area contributed by atoms with E-state index in [-0.39, 0.29) is 10.8 Å². The number of rotatable bonds is 2. The molecule has 0 aromatic heterocycles. The monoisotopic (exact) mass is 392 g/mol. The van der Waals surface area contributed by atoms with Gasteiger partial charge in [0.15, 0.2) is 0 Å². The van der Waals surface area contributed by atoms with Crippen molar-refractivity contribution >= 4 is 10.8 Å². The van der Waals surface area contributed by atoms with Crippen molar-refractivity contribution in [2.24, 2.45) is 10.8 Å². The van der Waals surface area contributed by atoms with Gasteiger partial charge in [0.25, 0.3) is 0 Å². The molecular weight excluding hydrogens is 360 g/mol. The smallest absolute Gasteiger partial charge is 0.0191 e. The second-order valence-corrected chi connectivity index (χ2v) is 10.4. The van der Waals surface area contributed by atoms with Crippen LogP contribution in [0, 0.1) is 10.8 Å². The Bertz CT molecular complexity index is 1260. The van der Waals surface area contributed by atoms with Crippen molar-refractivity contribution in [3.05, 3.63) is 94.1 Å². The van der Waals surface area contributed by atoms with Gasteiger partial charge in [-0.25, -0.2) is 0 Å². The number of hydrogen-bond donors (Lipinski definition) is 0. The summed E-state index contributed by atoms with van der Waals surface area (Å²) in [5.41, 5.74) is 12.0. The first-order valence-corrected chi connectivity index (χ1v) is 11.2. The van der Waals surface area contributed by atoms with Gasteiger partial charge in [0, 0.05) is 11.3 Å². The highest BCUT2D eigenvalue weighted by Gasteiger charge is 2.49. The largest absolute Gasteiger partial charge is 0.0619 e. The second kappa shape index (κ2) is 6.20. The summed E-state index contributed by atoms with van der Waals surface area (Å²) in [7, 11) is 0. The number of benzene rings is 3. The summed E-state index contributed by atoms with van der Waals surface area (Å²) in [5, 5.41) is 2.71. The summed E-state index contributed by atoms with van der Waals surface area (Å²) in [6.45, 7) is 16.8. The minimum Gasteiger partial charge on any atom is -0.0619 e. The molecule has 3 aromatic rings. The van der Waals surface area contributed by atoms with E-state index in [0.29, 0.717) is 5.92 Å². The van der Waals surface area contributed by atoms with Crippen molar-refractivity contribution in [2.45, 2.75) is 54.4 Å². The molecule has 0 aliphatic heterocycles. The van der Waals surface area contributed by atoms with Gasteiger partial charge in [0.2, 0.25) is 0 Å². The Hall–Kier alpha value is -2.60. The Morgan fingerprint density at radius 1 is 0.733 bits per heavy atom. The zero-order valence-electron chi connectivity index (χ0n) is 19.4. The van der Waals surface area contributed by atoms with Crippen molar-refractivity contribution in [1.29, 1.82) is 0 Å². The van der Waals surface area contributed by atoms with Crippen molar-refractivity contribution in [3.8, 4) is 11.1 Å². The molecule has 0 fully saturated rings. The summed E-state index contributed by atoms with van der Waals surface area (Å²) in [6.07, 6.45) is 0. The maximum atomic E-state index is 2.48. The van der Waals surface area contributed by atoms with Crippen LogP contribution in [0.3, 0.4) is 0 Å². The first kappa shape index (κ1) is 19.4. The highest BCUT2D eigenvalue weighted by Crippen LogP contribution is 2.62. The minimum atomic E-state index is 0.0103. The van der Waals surface area contributed by atoms with Gasteiger partial charge < -0.3 is 0 Å². The van der Waals surface area contributed by atoms with Crippen LogP contribution < -0.4 is 0 Å². The summed E-state index contributed by atoms with van der Waals surface area (Å²) >= 11 is 0. The van der Waals surface area contributed by atoms with E-state index in [9.17, 15) is 0 Å². The van der Waals surface area contributed by atoms with Crippen LogP contribution in [0.4, 0.5) is 0 Å². The van der Waals surface area contributed by atoms with E-state index in [2.05, 4.69) is 109 Å². The van der Waals surface area contributed by atoms with Gasteiger partial charge in [-0.15, -0.1) is 0 Å². The predicted octanol–water partition coefficient (Wildman–Crippen LogP) is 8.67. The SMILES string of the molecule is CC1=C(C)C(C)(C)C(C(C)(C)C2c3ccccc3-c3c2ccc2ccccc32)=C1C. The van der Waals surface area contributed by atoms with E-state index in [1.165, 1.54) is 49.7 Å². The van der Waals surface area contributed by atoms with Gasteiger partial charge >= 0.3 is 0 Å². The third-order valence-corrected chi connectivity index (χ3v) is 8.24. The Morgan fingerprint density at radius 3 is 2.10 bits per heavy atom. The van der Waals surface area contributed by atoms with Crippen molar-refractivity contribution in [3.63, 3.8) is 0 Å². The fourth-order valence-electron chi connectivity index (χ4n) is 6.78. The van der Waals surface area contributed by atoms with E-state index >= 15 is 0 Å². The minimum absolute atomic E-state index is 0.0103. The lowest BCUT2D eigenvalue weighted by molar-refractivity contribution is 0.320. The molecule has 152 valence electrons. The first-order valence-electron chi connectivity index (χ1n) is 11.2. The summed E-state index contributed by atoms with van der Waals surface area (Å²) < 4.78 is 0. The maximum absolute atomic E-state index is 2.48. The average molecular weight is 393 g/mol. The predicted molar refractivity (Wildman–Crippen MR) is 130 cm³/mol. The van der Waals surface area contributed by atoms with E-state index in [4.69, 9.17) is 0 Å². The molecule has 0 saturated carbocycles. The molecule has 0 heterocycles. The van der Waals surface area contributed by atoms with Crippen LogP contribution in [0.2, 0.25) is 0 Å². The molecule has 1 unspecified atom stereocenters. The van der Waals surface area contributed by atoms with Gasteiger partial charge in [0.05, 0.1) is 0 Å².